The summed E-state index contributed by atoms with van der Waals surface area (Å²) in [6, 6.07) is 12.5. The van der Waals surface area contributed by atoms with Crippen LogP contribution in [0, 0.1) is 0 Å². The minimum atomic E-state index is -4.71. The highest BCUT2D eigenvalue weighted by atomic mass is 19.4. The van der Waals surface area contributed by atoms with Crippen LogP contribution in [0.2, 0.25) is 0 Å². The molecule has 2 aromatic carbocycles. The maximum Gasteiger partial charge on any atom is 0.573 e. The van der Waals surface area contributed by atoms with E-state index in [-0.39, 0.29) is 12.4 Å². The number of hydrogen-bond donors (Lipinski definition) is 0. The molecule has 154 valence electrons. The molecular weight excluding hydrogens is 389 g/mol. The maximum absolute atomic E-state index is 12.1. The number of aryl methyl sites for hydroxylation is 1. The molecule has 0 aliphatic heterocycles. The molecule has 29 heavy (non-hydrogen) atoms. The lowest BCUT2D eigenvalue weighted by Crippen LogP contribution is -2.17. The summed E-state index contributed by atoms with van der Waals surface area (Å²) in [5.41, 5.74) is 0.309. The average Bonchev–Trinajstić information content (AvgIpc) is 2.67. The van der Waals surface area contributed by atoms with Gasteiger partial charge in [0.1, 0.15) is 17.3 Å². The summed E-state index contributed by atoms with van der Waals surface area (Å²) in [5, 5.41) is 1.24. The first kappa shape index (κ1) is 20.7. The highest BCUT2D eigenvalue weighted by Crippen LogP contribution is 2.23. The Morgan fingerprint density at radius 1 is 1.00 bits per heavy atom. The van der Waals surface area contributed by atoms with Gasteiger partial charge in [-0.3, -0.25) is 0 Å². The van der Waals surface area contributed by atoms with Crippen molar-refractivity contribution in [1.82, 2.24) is 0 Å². The molecule has 0 amide bonds. The number of benzene rings is 2. The maximum atomic E-state index is 12.1. The summed E-state index contributed by atoms with van der Waals surface area (Å²) < 4.78 is 56.2. The smallest absolute Gasteiger partial charge is 0.497 e. The molecule has 1 heterocycles. The van der Waals surface area contributed by atoms with Crippen molar-refractivity contribution >= 4 is 10.8 Å². The fourth-order valence-electron chi connectivity index (χ4n) is 2.79. The first-order valence-electron chi connectivity index (χ1n) is 8.87. The summed E-state index contributed by atoms with van der Waals surface area (Å²) in [6.07, 6.45) is -3.56. The lowest BCUT2D eigenvalue weighted by molar-refractivity contribution is -0.274. The van der Waals surface area contributed by atoms with E-state index in [1.54, 1.807) is 18.2 Å². The Bertz CT molecular complexity index is 1010. The number of ether oxygens (including phenoxy) is 3. The molecule has 5 nitrogen and oxygen atoms in total. The molecule has 0 fully saturated rings. The van der Waals surface area contributed by atoms with E-state index in [0.29, 0.717) is 36.3 Å². The minimum absolute atomic E-state index is 0.258. The molecule has 0 radical (unpaired) electrons. The highest BCUT2D eigenvalue weighted by molar-refractivity contribution is 5.82. The van der Waals surface area contributed by atoms with Crippen molar-refractivity contribution in [2.45, 2.75) is 25.8 Å². The van der Waals surface area contributed by atoms with E-state index in [0.717, 1.165) is 10.9 Å². The Kier molecular flexibility index (Phi) is 6.43. The Balaban J connectivity index is 1.47. The number of alkyl halides is 3. The number of rotatable bonds is 8. The zero-order valence-corrected chi connectivity index (χ0v) is 15.6. The Morgan fingerprint density at radius 3 is 2.41 bits per heavy atom. The fourth-order valence-corrected chi connectivity index (χ4v) is 2.79. The van der Waals surface area contributed by atoms with E-state index in [1.807, 2.05) is 6.07 Å². The van der Waals surface area contributed by atoms with Gasteiger partial charge in [-0.15, -0.1) is 13.2 Å². The van der Waals surface area contributed by atoms with E-state index >= 15 is 0 Å². The SMILES string of the molecule is COc1ccc2cc(CCCOCc3ccc(OC(F)(F)F)cc3)oc(=O)c2c1. The summed E-state index contributed by atoms with van der Waals surface area (Å²) >= 11 is 0. The van der Waals surface area contributed by atoms with Gasteiger partial charge in [-0.2, -0.15) is 0 Å². The summed E-state index contributed by atoms with van der Waals surface area (Å²) in [7, 11) is 1.53. The van der Waals surface area contributed by atoms with Gasteiger partial charge in [0.05, 0.1) is 19.1 Å². The molecule has 8 heteroatoms. The zero-order valence-electron chi connectivity index (χ0n) is 15.6. The van der Waals surface area contributed by atoms with Gasteiger partial charge >= 0.3 is 12.0 Å². The number of halogens is 3. The molecule has 0 atom stereocenters. The molecule has 0 unspecified atom stereocenters. The molecule has 1 aromatic heterocycles. The van der Waals surface area contributed by atoms with Crippen LogP contribution >= 0.6 is 0 Å². The van der Waals surface area contributed by atoms with Crippen molar-refractivity contribution in [1.29, 1.82) is 0 Å². The Labute approximate surface area is 164 Å². The third kappa shape index (κ3) is 5.99. The first-order valence-corrected chi connectivity index (χ1v) is 8.87. The van der Waals surface area contributed by atoms with Crippen molar-refractivity contribution in [3.63, 3.8) is 0 Å². The zero-order chi connectivity index (χ0) is 20.9. The van der Waals surface area contributed by atoms with Crippen molar-refractivity contribution in [2.24, 2.45) is 0 Å². The Hall–Kier alpha value is -3.00. The number of hydrogen-bond acceptors (Lipinski definition) is 5. The van der Waals surface area contributed by atoms with Gasteiger partial charge in [0.15, 0.2) is 0 Å². The summed E-state index contributed by atoms with van der Waals surface area (Å²) in [4.78, 5) is 12.1. The van der Waals surface area contributed by atoms with E-state index in [4.69, 9.17) is 13.9 Å². The molecule has 3 aromatic rings. The van der Waals surface area contributed by atoms with Crippen molar-refractivity contribution in [3.8, 4) is 11.5 Å². The largest absolute Gasteiger partial charge is 0.573 e. The van der Waals surface area contributed by atoms with Crippen LogP contribution in [-0.2, 0) is 17.8 Å². The number of methoxy groups -OCH3 is 1. The lowest BCUT2D eigenvalue weighted by Gasteiger charge is -2.09. The van der Waals surface area contributed by atoms with Gasteiger partial charge in [-0.1, -0.05) is 18.2 Å². The third-order valence-corrected chi connectivity index (χ3v) is 4.16. The van der Waals surface area contributed by atoms with Crippen molar-refractivity contribution < 1.29 is 31.8 Å². The fraction of sp³-hybridized carbons (Fsp3) is 0.286. The second-order valence-corrected chi connectivity index (χ2v) is 6.30. The van der Waals surface area contributed by atoms with Crippen LogP contribution in [0.5, 0.6) is 11.5 Å². The van der Waals surface area contributed by atoms with Crippen LogP contribution < -0.4 is 15.1 Å². The van der Waals surface area contributed by atoms with Crippen LogP contribution in [0.15, 0.2) is 57.7 Å². The van der Waals surface area contributed by atoms with E-state index in [1.165, 1.54) is 31.4 Å². The quantitative estimate of drug-likeness (QED) is 0.499. The molecule has 0 spiro atoms. The monoisotopic (exact) mass is 408 g/mol. The first-order chi connectivity index (χ1) is 13.8. The molecular formula is C21H19F3O5. The normalized spacial score (nSPS) is 11.6. The second-order valence-electron chi connectivity index (χ2n) is 6.30. The van der Waals surface area contributed by atoms with Crippen molar-refractivity contribution in [2.75, 3.05) is 13.7 Å². The van der Waals surface area contributed by atoms with Gasteiger partial charge in [-0.25, -0.2) is 4.79 Å². The molecule has 0 aliphatic rings. The van der Waals surface area contributed by atoms with Gasteiger partial charge in [0.2, 0.25) is 0 Å². The highest BCUT2D eigenvalue weighted by Gasteiger charge is 2.30. The van der Waals surface area contributed by atoms with Gasteiger partial charge in [0, 0.05) is 13.0 Å². The average molecular weight is 408 g/mol. The topological polar surface area (TPSA) is 57.9 Å². The second kappa shape index (κ2) is 9.00. The van der Waals surface area contributed by atoms with E-state index in [9.17, 15) is 18.0 Å². The predicted octanol–water partition coefficient (Wildman–Crippen LogP) is 4.85. The van der Waals surface area contributed by atoms with Crippen LogP contribution in [0.3, 0.4) is 0 Å². The number of fused-ring (bicyclic) bond motifs is 1. The van der Waals surface area contributed by atoms with Gasteiger partial charge < -0.3 is 18.6 Å². The Morgan fingerprint density at radius 2 is 1.72 bits per heavy atom. The summed E-state index contributed by atoms with van der Waals surface area (Å²) in [6.45, 7) is 0.666. The molecule has 0 saturated heterocycles. The standard InChI is InChI=1S/C21H19F3O5/c1-26-17-9-6-15-11-18(28-20(25)19(15)12-17)3-2-10-27-13-14-4-7-16(8-5-14)29-21(22,23)24/h4-9,11-12H,2-3,10,13H2,1H3. The minimum Gasteiger partial charge on any atom is -0.497 e. The summed E-state index contributed by atoms with van der Waals surface area (Å²) in [5.74, 6) is 0.874. The van der Waals surface area contributed by atoms with Crippen molar-refractivity contribution in [3.05, 3.63) is 70.3 Å². The molecule has 3 rings (SSSR count). The lowest BCUT2D eigenvalue weighted by atomic mass is 10.1. The predicted molar refractivity (Wildman–Crippen MR) is 100 cm³/mol. The third-order valence-electron chi connectivity index (χ3n) is 4.16. The van der Waals surface area contributed by atoms with Crippen LogP contribution in [0.4, 0.5) is 13.2 Å². The van der Waals surface area contributed by atoms with Crippen LogP contribution in [0.25, 0.3) is 10.8 Å². The molecule has 0 N–H and O–H groups in total. The van der Waals surface area contributed by atoms with E-state index in [2.05, 4.69) is 4.74 Å². The molecule has 0 saturated carbocycles. The van der Waals surface area contributed by atoms with Gasteiger partial charge in [0.25, 0.3) is 0 Å². The van der Waals surface area contributed by atoms with E-state index < -0.39 is 12.0 Å². The molecule has 0 aliphatic carbocycles. The van der Waals surface area contributed by atoms with Gasteiger partial charge in [-0.05, 0) is 47.7 Å². The van der Waals surface area contributed by atoms with Crippen LogP contribution in [0.1, 0.15) is 17.7 Å². The molecule has 0 bridgehead atoms. The van der Waals surface area contributed by atoms with Crippen LogP contribution in [-0.4, -0.2) is 20.1 Å².